The molecule has 3 rings (SSSR count). The molecular weight excluding hydrogens is 378 g/mol. The van der Waals surface area contributed by atoms with Crippen molar-refractivity contribution in [3.63, 3.8) is 0 Å². The highest BCUT2D eigenvalue weighted by atomic mass is 32.2. The third-order valence-corrected chi connectivity index (χ3v) is 4.92. The third kappa shape index (κ3) is 4.33. The third-order valence-electron chi connectivity index (χ3n) is 4.19. The van der Waals surface area contributed by atoms with Crippen LogP contribution in [-0.2, 0) is 0 Å². The number of pyridine rings is 1. The maximum atomic E-state index is 12.7. The number of benzene rings is 1. The predicted molar refractivity (Wildman–Crippen MR) is 97.3 cm³/mol. The fraction of sp³-hybridized carbons (Fsp3) is 0.294. The fourth-order valence-electron chi connectivity index (χ4n) is 2.94. The number of hydrogen-bond donors (Lipinski definition) is 0. The van der Waals surface area contributed by atoms with Crippen LogP contribution in [0.2, 0.25) is 0 Å². The first-order valence-electron chi connectivity index (χ1n) is 8.15. The van der Waals surface area contributed by atoms with E-state index in [1.54, 1.807) is 23.1 Å². The van der Waals surface area contributed by atoms with Gasteiger partial charge in [-0.15, -0.1) is 0 Å². The summed E-state index contributed by atoms with van der Waals surface area (Å²) in [6.07, 6.45) is 1.37. The molecule has 7 nitrogen and oxygen atoms in total. The molecule has 0 radical (unpaired) electrons. The number of nitro benzene ring substituents is 1. The Balaban J connectivity index is 1.72. The molecule has 2 heterocycles. The Morgan fingerprint density at radius 3 is 2.52 bits per heavy atom. The summed E-state index contributed by atoms with van der Waals surface area (Å²) in [5.41, 5.74) is 0.659. The van der Waals surface area contributed by atoms with Crippen LogP contribution < -0.4 is 4.90 Å². The summed E-state index contributed by atoms with van der Waals surface area (Å²) in [6, 6.07) is 9.46. The molecule has 0 bridgehead atoms. The number of amides is 1. The van der Waals surface area contributed by atoms with Crippen molar-refractivity contribution >= 4 is 29.0 Å². The second kappa shape index (κ2) is 8.30. The van der Waals surface area contributed by atoms with E-state index in [0.29, 0.717) is 31.9 Å². The molecule has 1 amide bonds. The highest BCUT2D eigenvalue weighted by Crippen LogP contribution is 2.30. The minimum absolute atomic E-state index is 0.00127. The number of aromatic nitrogens is 1. The standard InChI is InChI=1S/C17H16F2N4O3S/c18-17(19)27-15-12(4-3-7-20-15)16(24)22-10-8-21(9-11-22)13-5-1-2-6-14(13)23(25)26/h1-7,17H,8-11H2. The van der Waals surface area contributed by atoms with E-state index in [9.17, 15) is 23.7 Å². The molecule has 1 aliphatic heterocycles. The van der Waals surface area contributed by atoms with Crippen LogP contribution in [-0.4, -0.2) is 52.7 Å². The normalized spacial score (nSPS) is 14.5. The van der Waals surface area contributed by atoms with Gasteiger partial charge in [0.15, 0.2) is 0 Å². The lowest BCUT2D eigenvalue weighted by Gasteiger charge is -2.36. The molecule has 1 fully saturated rings. The number of rotatable bonds is 5. The number of halogens is 2. The largest absolute Gasteiger partial charge is 0.362 e. The lowest BCUT2D eigenvalue weighted by Crippen LogP contribution is -2.49. The molecule has 0 unspecified atom stereocenters. The van der Waals surface area contributed by atoms with Crippen LogP contribution >= 0.6 is 11.8 Å². The van der Waals surface area contributed by atoms with Crippen LogP contribution in [0.25, 0.3) is 0 Å². The number of carbonyl (C=O) groups excluding carboxylic acids is 1. The topological polar surface area (TPSA) is 79.6 Å². The van der Waals surface area contributed by atoms with Gasteiger partial charge in [-0.1, -0.05) is 12.1 Å². The first-order chi connectivity index (χ1) is 13.0. The fourth-order valence-corrected chi connectivity index (χ4v) is 3.51. The van der Waals surface area contributed by atoms with E-state index in [-0.39, 0.29) is 33.9 Å². The van der Waals surface area contributed by atoms with Crippen molar-refractivity contribution in [2.24, 2.45) is 0 Å². The molecule has 142 valence electrons. The van der Waals surface area contributed by atoms with Crippen molar-refractivity contribution in [3.8, 4) is 0 Å². The average Bonchev–Trinajstić information content (AvgIpc) is 2.67. The minimum Gasteiger partial charge on any atom is -0.362 e. The summed E-state index contributed by atoms with van der Waals surface area (Å²) >= 11 is 0.243. The first-order valence-corrected chi connectivity index (χ1v) is 9.03. The molecule has 10 heteroatoms. The number of thioether (sulfide) groups is 1. The zero-order valence-corrected chi connectivity index (χ0v) is 14.9. The van der Waals surface area contributed by atoms with Gasteiger partial charge in [0.25, 0.3) is 17.4 Å². The highest BCUT2D eigenvalue weighted by Gasteiger charge is 2.27. The van der Waals surface area contributed by atoms with Crippen LogP contribution in [0, 0.1) is 10.1 Å². The van der Waals surface area contributed by atoms with Gasteiger partial charge in [0.2, 0.25) is 0 Å². The van der Waals surface area contributed by atoms with Crippen molar-refractivity contribution in [1.82, 2.24) is 9.88 Å². The monoisotopic (exact) mass is 394 g/mol. The summed E-state index contributed by atoms with van der Waals surface area (Å²) in [5, 5.41) is 11.2. The first kappa shape index (κ1) is 19.0. The Kier molecular flexibility index (Phi) is 5.84. The van der Waals surface area contributed by atoms with Gasteiger partial charge in [0, 0.05) is 38.4 Å². The number of nitro groups is 1. The van der Waals surface area contributed by atoms with E-state index >= 15 is 0 Å². The molecule has 0 N–H and O–H groups in total. The zero-order chi connectivity index (χ0) is 19.4. The van der Waals surface area contributed by atoms with Crippen LogP contribution in [0.3, 0.4) is 0 Å². The van der Waals surface area contributed by atoms with E-state index in [0.717, 1.165) is 0 Å². The van der Waals surface area contributed by atoms with Crippen LogP contribution in [0.1, 0.15) is 10.4 Å². The second-order valence-corrected chi connectivity index (χ2v) is 6.74. The van der Waals surface area contributed by atoms with Crippen molar-refractivity contribution in [1.29, 1.82) is 0 Å². The molecule has 1 aromatic heterocycles. The van der Waals surface area contributed by atoms with E-state index < -0.39 is 10.7 Å². The number of hydrogen-bond acceptors (Lipinski definition) is 6. The molecule has 1 aliphatic rings. The van der Waals surface area contributed by atoms with Crippen LogP contribution in [0.5, 0.6) is 0 Å². The number of para-hydroxylation sites is 2. The summed E-state index contributed by atoms with van der Waals surface area (Å²) in [6.45, 7) is 1.49. The van der Waals surface area contributed by atoms with Gasteiger partial charge < -0.3 is 9.80 Å². The van der Waals surface area contributed by atoms with Gasteiger partial charge in [-0.25, -0.2) is 4.98 Å². The molecular formula is C17H16F2N4O3S. The van der Waals surface area contributed by atoms with Gasteiger partial charge in [-0.2, -0.15) is 8.78 Å². The quantitative estimate of drug-likeness (QED) is 0.440. The maximum absolute atomic E-state index is 12.7. The maximum Gasteiger partial charge on any atom is 0.292 e. The van der Waals surface area contributed by atoms with Crippen molar-refractivity contribution in [2.75, 3.05) is 31.1 Å². The summed E-state index contributed by atoms with van der Waals surface area (Å²) in [5.74, 6) is -3.03. The molecule has 0 saturated carbocycles. The lowest BCUT2D eigenvalue weighted by atomic mass is 10.2. The molecule has 0 atom stereocenters. The molecule has 0 aliphatic carbocycles. The van der Waals surface area contributed by atoms with Crippen LogP contribution in [0.15, 0.2) is 47.6 Å². The number of carbonyl (C=O) groups is 1. The Hall–Kier alpha value is -2.75. The predicted octanol–water partition coefficient (Wildman–Crippen LogP) is 3.27. The minimum atomic E-state index is -2.66. The van der Waals surface area contributed by atoms with Gasteiger partial charge >= 0.3 is 0 Å². The summed E-state index contributed by atoms with van der Waals surface area (Å²) < 4.78 is 25.4. The van der Waals surface area contributed by atoms with Gasteiger partial charge in [0.05, 0.1) is 10.5 Å². The Morgan fingerprint density at radius 2 is 1.85 bits per heavy atom. The zero-order valence-electron chi connectivity index (χ0n) is 14.1. The van der Waals surface area contributed by atoms with Crippen molar-refractivity contribution in [3.05, 3.63) is 58.3 Å². The van der Waals surface area contributed by atoms with Gasteiger partial charge in [-0.3, -0.25) is 14.9 Å². The second-order valence-electron chi connectivity index (χ2n) is 5.76. The average molecular weight is 394 g/mol. The van der Waals surface area contributed by atoms with E-state index in [4.69, 9.17) is 0 Å². The smallest absolute Gasteiger partial charge is 0.292 e. The Labute approximate surface area is 158 Å². The van der Waals surface area contributed by atoms with Crippen molar-refractivity contribution < 1.29 is 18.5 Å². The summed E-state index contributed by atoms with van der Waals surface area (Å²) in [4.78, 5) is 30.8. The summed E-state index contributed by atoms with van der Waals surface area (Å²) in [7, 11) is 0. The van der Waals surface area contributed by atoms with E-state index in [1.807, 2.05) is 4.90 Å². The molecule has 1 aromatic carbocycles. The Morgan fingerprint density at radius 1 is 1.15 bits per heavy atom. The molecule has 27 heavy (non-hydrogen) atoms. The van der Waals surface area contributed by atoms with E-state index in [1.165, 1.54) is 24.4 Å². The van der Waals surface area contributed by atoms with Crippen LogP contribution in [0.4, 0.5) is 20.2 Å². The molecule has 1 saturated heterocycles. The number of nitrogens with zero attached hydrogens (tertiary/aromatic N) is 4. The van der Waals surface area contributed by atoms with E-state index in [2.05, 4.69) is 4.98 Å². The SMILES string of the molecule is O=C(c1cccnc1SC(F)F)N1CCN(c2ccccc2[N+](=O)[O-])CC1. The Bertz CT molecular complexity index is 844. The number of piperazine rings is 1. The number of anilines is 1. The highest BCUT2D eigenvalue weighted by molar-refractivity contribution is 7.99. The van der Waals surface area contributed by atoms with Gasteiger partial charge in [0.1, 0.15) is 10.7 Å². The molecule has 2 aromatic rings. The lowest BCUT2D eigenvalue weighted by molar-refractivity contribution is -0.384. The van der Waals surface area contributed by atoms with Crippen molar-refractivity contribution in [2.45, 2.75) is 10.8 Å². The number of alkyl halides is 2. The molecule has 0 spiro atoms. The van der Waals surface area contributed by atoms with Gasteiger partial charge in [-0.05, 0) is 30.0 Å².